The summed E-state index contributed by atoms with van der Waals surface area (Å²) in [6, 6.07) is 8.07. The molecule has 0 fully saturated rings. The van der Waals surface area contributed by atoms with E-state index in [2.05, 4.69) is 0 Å². The van der Waals surface area contributed by atoms with E-state index in [-0.39, 0.29) is 46.2 Å². The molecule has 0 aromatic heterocycles. The van der Waals surface area contributed by atoms with Crippen molar-refractivity contribution in [2.45, 2.75) is 26.2 Å². The SMILES string of the molecule is CC(C)(C)C(C(=O)O)(C(=O)O)c1ccccc1.[Ca+2].[H-].[H-]. The van der Waals surface area contributed by atoms with E-state index in [0.717, 1.165) is 0 Å². The van der Waals surface area contributed by atoms with Crippen LogP contribution in [0.4, 0.5) is 0 Å². The van der Waals surface area contributed by atoms with E-state index in [1.807, 2.05) is 0 Å². The second-order valence-corrected chi connectivity index (χ2v) is 4.98. The van der Waals surface area contributed by atoms with Crippen molar-refractivity contribution in [2.75, 3.05) is 0 Å². The summed E-state index contributed by atoms with van der Waals surface area (Å²) in [4.78, 5) is 23.1. The summed E-state index contributed by atoms with van der Waals surface area (Å²) >= 11 is 0. The van der Waals surface area contributed by atoms with Gasteiger partial charge in [-0.1, -0.05) is 51.1 Å². The van der Waals surface area contributed by atoms with Crippen molar-refractivity contribution in [3.05, 3.63) is 35.9 Å². The van der Waals surface area contributed by atoms with Crippen LogP contribution < -0.4 is 0 Å². The van der Waals surface area contributed by atoms with Crippen LogP contribution in [0.5, 0.6) is 0 Å². The summed E-state index contributed by atoms with van der Waals surface area (Å²) in [5, 5.41) is 18.8. The van der Waals surface area contributed by atoms with Gasteiger partial charge in [-0.3, -0.25) is 9.59 Å². The fraction of sp³-hybridized carbons (Fsp3) is 0.385. The smallest absolute Gasteiger partial charge is 1.00 e. The maximum atomic E-state index is 11.5. The standard InChI is InChI=1S/C13H16O4.Ca.2H/c1-12(2,3)13(10(14)15,11(16)17)9-7-5-4-6-8-9;;;/h4-8H,1-3H3,(H,14,15)(H,16,17);;;/q;+2;2*-1. The normalized spacial score (nSPS) is 11.5. The van der Waals surface area contributed by atoms with Crippen LogP contribution in [0.15, 0.2) is 30.3 Å². The molecule has 0 heterocycles. The molecule has 0 aliphatic carbocycles. The molecule has 0 bridgehead atoms. The minimum absolute atomic E-state index is 0. The molecule has 18 heavy (non-hydrogen) atoms. The van der Waals surface area contributed by atoms with Gasteiger partial charge in [0, 0.05) is 0 Å². The third-order valence-electron chi connectivity index (χ3n) is 2.97. The first-order valence-corrected chi connectivity index (χ1v) is 5.27. The number of hydrogen-bond donors (Lipinski definition) is 2. The largest absolute Gasteiger partial charge is 2.00 e. The van der Waals surface area contributed by atoms with Crippen molar-refractivity contribution >= 4 is 49.7 Å². The van der Waals surface area contributed by atoms with Crippen molar-refractivity contribution in [3.63, 3.8) is 0 Å². The van der Waals surface area contributed by atoms with E-state index in [1.54, 1.807) is 39.0 Å². The Kier molecular flexibility index (Phi) is 5.85. The third kappa shape index (κ3) is 2.71. The van der Waals surface area contributed by atoms with Gasteiger partial charge in [0.05, 0.1) is 0 Å². The molecule has 2 N–H and O–H groups in total. The maximum absolute atomic E-state index is 11.5. The van der Waals surface area contributed by atoms with Crippen molar-refractivity contribution in [1.29, 1.82) is 0 Å². The van der Waals surface area contributed by atoms with Crippen LogP contribution in [-0.2, 0) is 15.0 Å². The minimum atomic E-state index is -1.94. The summed E-state index contributed by atoms with van der Waals surface area (Å²) in [5.74, 6) is -2.69. The third-order valence-corrected chi connectivity index (χ3v) is 2.97. The summed E-state index contributed by atoms with van der Waals surface area (Å²) in [6.07, 6.45) is 0. The zero-order valence-electron chi connectivity index (χ0n) is 12.8. The molecule has 0 aliphatic rings. The van der Waals surface area contributed by atoms with Gasteiger partial charge in [0.1, 0.15) is 0 Å². The van der Waals surface area contributed by atoms with Gasteiger partial charge < -0.3 is 13.1 Å². The van der Waals surface area contributed by atoms with Gasteiger partial charge in [-0.15, -0.1) is 0 Å². The van der Waals surface area contributed by atoms with E-state index in [0.29, 0.717) is 0 Å². The molecule has 1 rings (SSSR count). The Morgan fingerprint density at radius 2 is 1.39 bits per heavy atom. The molecule has 0 unspecified atom stereocenters. The van der Waals surface area contributed by atoms with Gasteiger partial charge in [0.25, 0.3) is 0 Å². The van der Waals surface area contributed by atoms with E-state index < -0.39 is 22.8 Å². The van der Waals surface area contributed by atoms with Gasteiger partial charge in [-0.05, 0) is 11.0 Å². The number of rotatable bonds is 3. The van der Waals surface area contributed by atoms with Crippen LogP contribution in [0.2, 0.25) is 0 Å². The predicted molar refractivity (Wildman–Crippen MR) is 70.8 cm³/mol. The Hall–Kier alpha value is -0.580. The quantitative estimate of drug-likeness (QED) is 0.655. The number of carboxylic acid groups (broad SMARTS) is 2. The van der Waals surface area contributed by atoms with Gasteiger partial charge in [0.15, 0.2) is 5.41 Å². The van der Waals surface area contributed by atoms with Crippen molar-refractivity contribution < 1.29 is 22.7 Å². The van der Waals surface area contributed by atoms with E-state index in [1.165, 1.54) is 12.1 Å². The average molecular weight is 278 g/mol. The molecule has 1 aromatic rings. The maximum Gasteiger partial charge on any atom is 2.00 e. The fourth-order valence-electron chi connectivity index (χ4n) is 2.10. The van der Waals surface area contributed by atoms with E-state index in [9.17, 15) is 19.8 Å². The van der Waals surface area contributed by atoms with E-state index >= 15 is 0 Å². The molecule has 0 atom stereocenters. The van der Waals surface area contributed by atoms with Crippen LogP contribution in [-0.4, -0.2) is 59.9 Å². The van der Waals surface area contributed by atoms with Gasteiger partial charge >= 0.3 is 49.7 Å². The van der Waals surface area contributed by atoms with Crippen LogP contribution >= 0.6 is 0 Å². The Morgan fingerprint density at radius 3 is 1.67 bits per heavy atom. The van der Waals surface area contributed by atoms with Gasteiger partial charge in [-0.25, -0.2) is 0 Å². The molecule has 0 spiro atoms. The summed E-state index contributed by atoms with van der Waals surface area (Å²) in [6.45, 7) is 4.84. The van der Waals surface area contributed by atoms with Crippen LogP contribution in [0.1, 0.15) is 29.2 Å². The number of hydrogen-bond acceptors (Lipinski definition) is 2. The molecule has 4 nitrogen and oxygen atoms in total. The van der Waals surface area contributed by atoms with E-state index in [4.69, 9.17) is 0 Å². The number of benzene rings is 1. The van der Waals surface area contributed by atoms with Crippen LogP contribution in [0, 0.1) is 5.41 Å². The van der Waals surface area contributed by atoms with Gasteiger partial charge in [-0.2, -0.15) is 0 Å². The first-order valence-electron chi connectivity index (χ1n) is 5.27. The van der Waals surface area contributed by atoms with Crippen LogP contribution in [0.25, 0.3) is 0 Å². The first kappa shape index (κ1) is 17.4. The first-order chi connectivity index (χ1) is 7.74. The summed E-state index contributed by atoms with van der Waals surface area (Å²) < 4.78 is 0. The molecular weight excluding hydrogens is 260 g/mol. The Balaban J connectivity index is -0.000000963. The Labute approximate surface area is 139 Å². The Morgan fingerprint density at radius 1 is 1.00 bits per heavy atom. The molecule has 1 aromatic carbocycles. The zero-order valence-corrected chi connectivity index (χ0v) is 13.0. The second-order valence-electron chi connectivity index (χ2n) is 4.98. The Bertz CT molecular complexity index is 429. The zero-order chi connectivity index (χ0) is 13.3. The molecule has 96 valence electrons. The number of carbonyl (C=O) groups is 2. The fourth-order valence-corrected chi connectivity index (χ4v) is 2.10. The summed E-state index contributed by atoms with van der Waals surface area (Å²) in [5.41, 5.74) is -2.59. The molecule has 5 heteroatoms. The second kappa shape index (κ2) is 6.04. The van der Waals surface area contributed by atoms with Crippen molar-refractivity contribution in [1.82, 2.24) is 0 Å². The van der Waals surface area contributed by atoms with Crippen LogP contribution in [0.3, 0.4) is 0 Å². The molecular formula is C13H18CaO4. The number of carboxylic acids is 2. The monoisotopic (exact) mass is 278 g/mol. The van der Waals surface area contributed by atoms with Gasteiger partial charge in [0.2, 0.25) is 0 Å². The summed E-state index contributed by atoms with van der Waals surface area (Å²) in [7, 11) is 0. The number of aliphatic carboxylic acids is 2. The average Bonchev–Trinajstić information content (AvgIpc) is 2.16. The molecule has 0 saturated carbocycles. The molecule has 0 aliphatic heterocycles. The predicted octanol–water partition coefficient (Wildman–Crippen LogP) is 1.98. The molecule has 0 amide bonds. The molecule has 0 radical (unpaired) electrons. The van der Waals surface area contributed by atoms with Crippen molar-refractivity contribution in [2.24, 2.45) is 5.41 Å². The minimum Gasteiger partial charge on any atom is -1.00 e. The topological polar surface area (TPSA) is 74.6 Å². The molecule has 0 saturated heterocycles. The van der Waals surface area contributed by atoms with Crippen molar-refractivity contribution in [3.8, 4) is 0 Å².